The predicted molar refractivity (Wildman–Crippen MR) is 75.7 cm³/mol. The lowest BCUT2D eigenvalue weighted by Gasteiger charge is -2.19. The monoisotopic (exact) mass is 249 g/mol. The second-order valence-corrected chi connectivity index (χ2v) is 4.97. The largest absolute Gasteiger partial charge is 0.398 e. The molecule has 0 aliphatic carbocycles. The highest BCUT2D eigenvalue weighted by molar-refractivity contribution is 5.99. The van der Waals surface area contributed by atoms with E-state index in [1.54, 1.807) is 11.0 Å². The number of hydrogen-bond acceptors (Lipinski definition) is 3. The molecule has 0 aliphatic rings. The summed E-state index contributed by atoms with van der Waals surface area (Å²) >= 11 is 0. The van der Waals surface area contributed by atoms with Crippen molar-refractivity contribution in [2.45, 2.75) is 13.3 Å². The van der Waals surface area contributed by atoms with Crippen molar-refractivity contribution >= 4 is 11.6 Å². The molecule has 1 amide bonds. The van der Waals surface area contributed by atoms with Crippen LogP contribution in [0.1, 0.15) is 22.3 Å². The molecule has 0 radical (unpaired) electrons. The van der Waals surface area contributed by atoms with Crippen LogP contribution in [0.3, 0.4) is 0 Å². The van der Waals surface area contributed by atoms with Crippen molar-refractivity contribution in [1.29, 1.82) is 0 Å². The average molecular weight is 249 g/mol. The van der Waals surface area contributed by atoms with E-state index in [0.29, 0.717) is 11.3 Å². The van der Waals surface area contributed by atoms with Gasteiger partial charge in [0.25, 0.3) is 5.91 Å². The van der Waals surface area contributed by atoms with Crippen LogP contribution >= 0.6 is 0 Å². The minimum absolute atomic E-state index is 0.00810. The Bertz CT molecular complexity index is 416. The fourth-order valence-electron chi connectivity index (χ4n) is 1.81. The van der Waals surface area contributed by atoms with Crippen LogP contribution in [0.5, 0.6) is 0 Å². The zero-order valence-corrected chi connectivity index (χ0v) is 11.7. The first-order valence-corrected chi connectivity index (χ1v) is 6.18. The first-order valence-electron chi connectivity index (χ1n) is 6.18. The minimum atomic E-state index is -0.00810. The third-order valence-electron chi connectivity index (χ3n) is 2.88. The number of carbonyl (C=O) groups is 1. The first-order chi connectivity index (χ1) is 8.41. The number of carbonyl (C=O) groups excluding carboxylic acids is 1. The molecule has 0 saturated carbocycles. The molecule has 0 atom stereocenters. The molecule has 0 bridgehead atoms. The van der Waals surface area contributed by atoms with Crippen molar-refractivity contribution in [3.8, 4) is 0 Å². The van der Waals surface area contributed by atoms with Gasteiger partial charge in [-0.25, -0.2) is 0 Å². The van der Waals surface area contributed by atoms with Crippen LogP contribution in [0.15, 0.2) is 18.2 Å². The van der Waals surface area contributed by atoms with Crippen LogP contribution in [0.4, 0.5) is 5.69 Å². The van der Waals surface area contributed by atoms with E-state index >= 15 is 0 Å². The number of hydrogen-bond donors (Lipinski definition) is 1. The Morgan fingerprint density at radius 2 is 1.89 bits per heavy atom. The van der Waals surface area contributed by atoms with Gasteiger partial charge in [-0.3, -0.25) is 4.79 Å². The minimum Gasteiger partial charge on any atom is -0.398 e. The van der Waals surface area contributed by atoms with E-state index in [-0.39, 0.29) is 5.91 Å². The fraction of sp³-hybridized carbons (Fsp3) is 0.500. The molecule has 0 saturated heterocycles. The molecule has 1 aromatic carbocycles. The van der Waals surface area contributed by atoms with E-state index < -0.39 is 0 Å². The Morgan fingerprint density at radius 3 is 2.44 bits per heavy atom. The van der Waals surface area contributed by atoms with Gasteiger partial charge in [0.2, 0.25) is 0 Å². The number of anilines is 1. The Hall–Kier alpha value is -1.55. The second kappa shape index (κ2) is 6.40. The van der Waals surface area contributed by atoms with E-state index in [4.69, 9.17) is 5.73 Å². The maximum Gasteiger partial charge on any atom is 0.255 e. The van der Waals surface area contributed by atoms with Gasteiger partial charge in [-0.15, -0.1) is 0 Å². The van der Waals surface area contributed by atoms with E-state index in [0.717, 1.165) is 25.1 Å². The summed E-state index contributed by atoms with van der Waals surface area (Å²) in [7, 11) is 5.87. The lowest BCUT2D eigenvalue weighted by atomic mass is 10.1. The van der Waals surface area contributed by atoms with Crippen molar-refractivity contribution < 1.29 is 4.79 Å². The summed E-state index contributed by atoms with van der Waals surface area (Å²) in [5.41, 5.74) is 8.10. The fourth-order valence-corrected chi connectivity index (χ4v) is 1.81. The molecule has 0 fully saturated rings. The van der Waals surface area contributed by atoms with Gasteiger partial charge in [-0.05, 0) is 51.7 Å². The summed E-state index contributed by atoms with van der Waals surface area (Å²) in [6, 6.07) is 5.55. The van der Waals surface area contributed by atoms with Crippen LogP contribution in [0, 0.1) is 6.92 Å². The topological polar surface area (TPSA) is 49.6 Å². The quantitative estimate of drug-likeness (QED) is 0.806. The Kier molecular flexibility index (Phi) is 5.16. The molecular formula is C14H23N3O. The number of benzene rings is 1. The van der Waals surface area contributed by atoms with E-state index in [9.17, 15) is 4.79 Å². The molecular weight excluding hydrogens is 226 g/mol. The molecule has 100 valence electrons. The van der Waals surface area contributed by atoms with Crippen molar-refractivity contribution in [3.63, 3.8) is 0 Å². The van der Waals surface area contributed by atoms with Gasteiger partial charge in [0, 0.05) is 19.3 Å². The van der Waals surface area contributed by atoms with Gasteiger partial charge < -0.3 is 15.5 Å². The molecule has 1 rings (SSSR count). The van der Waals surface area contributed by atoms with Gasteiger partial charge in [0.05, 0.1) is 5.56 Å². The average Bonchev–Trinajstić information content (AvgIpc) is 2.27. The molecule has 0 spiro atoms. The number of rotatable bonds is 5. The van der Waals surface area contributed by atoms with Crippen molar-refractivity contribution in [2.75, 3.05) is 40.0 Å². The number of amides is 1. The normalized spacial score (nSPS) is 10.7. The van der Waals surface area contributed by atoms with Gasteiger partial charge in [0.15, 0.2) is 0 Å². The maximum atomic E-state index is 12.2. The lowest BCUT2D eigenvalue weighted by molar-refractivity contribution is 0.0791. The Labute approximate surface area is 109 Å². The van der Waals surface area contributed by atoms with Crippen molar-refractivity contribution in [2.24, 2.45) is 0 Å². The molecule has 18 heavy (non-hydrogen) atoms. The summed E-state index contributed by atoms with van der Waals surface area (Å²) < 4.78 is 0. The SMILES string of the molecule is Cc1ccc(C(=O)N(C)CCCN(C)C)c(N)c1. The number of nitrogens with zero attached hydrogens (tertiary/aromatic N) is 2. The summed E-state index contributed by atoms with van der Waals surface area (Å²) in [4.78, 5) is 16.0. The van der Waals surface area contributed by atoms with Crippen LogP contribution in [-0.2, 0) is 0 Å². The maximum absolute atomic E-state index is 12.2. The molecule has 0 aromatic heterocycles. The van der Waals surface area contributed by atoms with Crippen molar-refractivity contribution in [1.82, 2.24) is 9.80 Å². The molecule has 0 aliphatic heterocycles. The number of aryl methyl sites for hydroxylation is 1. The highest BCUT2D eigenvalue weighted by Crippen LogP contribution is 2.15. The third-order valence-corrected chi connectivity index (χ3v) is 2.88. The smallest absolute Gasteiger partial charge is 0.255 e. The summed E-state index contributed by atoms with van der Waals surface area (Å²) in [5, 5.41) is 0. The van der Waals surface area contributed by atoms with Gasteiger partial charge in [-0.2, -0.15) is 0 Å². The van der Waals surface area contributed by atoms with Gasteiger partial charge in [-0.1, -0.05) is 6.07 Å². The van der Waals surface area contributed by atoms with Gasteiger partial charge in [0.1, 0.15) is 0 Å². The van der Waals surface area contributed by atoms with Crippen LogP contribution in [0.2, 0.25) is 0 Å². The lowest BCUT2D eigenvalue weighted by Crippen LogP contribution is -2.30. The van der Waals surface area contributed by atoms with Crippen LogP contribution in [0.25, 0.3) is 0 Å². The Balaban J connectivity index is 2.63. The van der Waals surface area contributed by atoms with Crippen LogP contribution < -0.4 is 5.73 Å². The molecule has 4 heteroatoms. The molecule has 0 heterocycles. The summed E-state index contributed by atoms with van der Waals surface area (Å²) in [6.07, 6.45) is 0.959. The second-order valence-electron chi connectivity index (χ2n) is 4.97. The number of nitrogen functional groups attached to an aromatic ring is 1. The zero-order chi connectivity index (χ0) is 13.7. The highest BCUT2D eigenvalue weighted by atomic mass is 16.2. The predicted octanol–water partition coefficient (Wildman–Crippen LogP) is 1.60. The summed E-state index contributed by atoms with van der Waals surface area (Å²) in [5.74, 6) is -0.00810. The molecule has 1 aromatic rings. The first kappa shape index (κ1) is 14.5. The van der Waals surface area contributed by atoms with Crippen LogP contribution in [-0.4, -0.2) is 49.9 Å². The van der Waals surface area contributed by atoms with E-state index in [1.807, 2.05) is 40.2 Å². The molecule has 0 unspecified atom stereocenters. The van der Waals surface area contributed by atoms with E-state index in [2.05, 4.69) is 4.90 Å². The summed E-state index contributed by atoms with van der Waals surface area (Å²) in [6.45, 7) is 3.68. The molecule has 4 nitrogen and oxygen atoms in total. The standard InChI is InChI=1S/C14H23N3O/c1-11-6-7-12(13(15)10-11)14(18)17(4)9-5-8-16(2)3/h6-7,10H,5,8-9,15H2,1-4H3. The highest BCUT2D eigenvalue weighted by Gasteiger charge is 2.14. The van der Waals surface area contributed by atoms with Gasteiger partial charge >= 0.3 is 0 Å². The number of nitrogens with two attached hydrogens (primary N) is 1. The Morgan fingerprint density at radius 1 is 1.22 bits per heavy atom. The third kappa shape index (κ3) is 4.04. The molecule has 2 N–H and O–H groups in total. The van der Waals surface area contributed by atoms with Crippen molar-refractivity contribution in [3.05, 3.63) is 29.3 Å². The zero-order valence-electron chi connectivity index (χ0n) is 11.7. The van der Waals surface area contributed by atoms with E-state index in [1.165, 1.54) is 0 Å².